The van der Waals surface area contributed by atoms with Crippen LogP contribution in [0.25, 0.3) is 6.08 Å². The summed E-state index contributed by atoms with van der Waals surface area (Å²) in [5, 5.41) is -0.272. The summed E-state index contributed by atoms with van der Waals surface area (Å²) in [7, 11) is 1.69. The van der Waals surface area contributed by atoms with Gasteiger partial charge in [-0.1, -0.05) is 42.5 Å². The van der Waals surface area contributed by atoms with E-state index in [1.165, 1.54) is 4.90 Å². The molecule has 0 bridgehead atoms. The number of methoxy groups -OCH3 is 1. The van der Waals surface area contributed by atoms with Crippen molar-refractivity contribution in [3.05, 3.63) is 76.2 Å². The number of carbonyl (C=O) groups is 3. The molecular weight excluding hydrogens is 438 g/mol. The molecule has 33 heavy (non-hydrogen) atoms. The lowest BCUT2D eigenvalue weighted by Crippen LogP contribution is -2.49. The highest BCUT2D eigenvalue weighted by Crippen LogP contribution is 2.33. The smallest absolute Gasteiger partial charge is 0.293 e. The van der Waals surface area contributed by atoms with Crippen LogP contribution in [0.5, 0.6) is 0 Å². The van der Waals surface area contributed by atoms with Crippen LogP contribution in [0.1, 0.15) is 21.5 Å². The van der Waals surface area contributed by atoms with E-state index < -0.39 is 0 Å². The third-order valence-electron chi connectivity index (χ3n) is 5.78. The van der Waals surface area contributed by atoms with Gasteiger partial charge in [0.15, 0.2) is 0 Å². The molecule has 8 heteroatoms. The Balaban J connectivity index is 1.37. The van der Waals surface area contributed by atoms with Crippen LogP contribution >= 0.6 is 11.8 Å². The summed E-state index contributed by atoms with van der Waals surface area (Å²) in [6.45, 7) is 4.90. The molecular formula is C25H27N3O4S. The largest absolute Gasteiger partial charge is 0.383 e. The van der Waals surface area contributed by atoms with Gasteiger partial charge >= 0.3 is 0 Å². The van der Waals surface area contributed by atoms with Crippen molar-refractivity contribution in [1.82, 2.24) is 14.7 Å². The van der Waals surface area contributed by atoms with Gasteiger partial charge < -0.3 is 9.64 Å². The molecule has 2 heterocycles. The Hall–Kier alpha value is -2.94. The Kier molecular flexibility index (Phi) is 7.59. The second kappa shape index (κ2) is 10.8. The van der Waals surface area contributed by atoms with E-state index in [9.17, 15) is 14.4 Å². The van der Waals surface area contributed by atoms with Crippen molar-refractivity contribution < 1.29 is 19.1 Å². The van der Waals surface area contributed by atoms with Crippen molar-refractivity contribution in [1.29, 1.82) is 0 Å². The molecule has 0 N–H and O–H groups in total. The van der Waals surface area contributed by atoms with Gasteiger partial charge in [0.1, 0.15) is 0 Å². The average molecular weight is 466 g/mol. The third kappa shape index (κ3) is 5.71. The predicted molar refractivity (Wildman–Crippen MR) is 129 cm³/mol. The first kappa shape index (κ1) is 23.2. The lowest BCUT2D eigenvalue weighted by Gasteiger charge is -2.34. The van der Waals surface area contributed by atoms with Crippen molar-refractivity contribution in [2.75, 3.05) is 46.4 Å². The second-order valence-corrected chi connectivity index (χ2v) is 9.00. The minimum absolute atomic E-state index is 0.0103. The van der Waals surface area contributed by atoms with Gasteiger partial charge in [0.25, 0.3) is 17.1 Å². The minimum atomic E-state index is -0.291. The molecule has 172 valence electrons. The second-order valence-electron chi connectivity index (χ2n) is 8.00. The first-order valence-corrected chi connectivity index (χ1v) is 11.8. The van der Waals surface area contributed by atoms with Crippen LogP contribution in [0.15, 0.2) is 59.5 Å². The number of thioether (sulfide) groups is 1. The summed E-state index contributed by atoms with van der Waals surface area (Å²) in [6, 6.07) is 16.6. The first-order valence-electron chi connectivity index (χ1n) is 10.9. The normalized spacial score (nSPS) is 18.4. The number of nitrogens with zero attached hydrogens (tertiary/aromatic N) is 3. The number of ether oxygens (including phenoxy) is 1. The van der Waals surface area contributed by atoms with Crippen molar-refractivity contribution in [3.63, 3.8) is 0 Å². The summed E-state index contributed by atoms with van der Waals surface area (Å²) < 4.78 is 5.12. The average Bonchev–Trinajstić information content (AvgIpc) is 3.11. The molecule has 0 radical (unpaired) electrons. The molecule has 2 aliphatic heterocycles. The van der Waals surface area contributed by atoms with Gasteiger partial charge in [-0.15, -0.1) is 0 Å². The fourth-order valence-electron chi connectivity index (χ4n) is 3.85. The number of rotatable bonds is 7. The topological polar surface area (TPSA) is 70.2 Å². The molecule has 0 atom stereocenters. The molecule has 2 fully saturated rings. The summed E-state index contributed by atoms with van der Waals surface area (Å²) in [6.07, 6.45) is 1.71. The number of carbonyl (C=O) groups excluding carboxylic acids is 3. The van der Waals surface area contributed by atoms with E-state index in [0.29, 0.717) is 30.2 Å². The molecule has 0 spiro atoms. The van der Waals surface area contributed by atoms with Crippen LogP contribution in [0.2, 0.25) is 0 Å². The van der Waals surface area contributed by atoms with Gasteiger partial charge in [-0.3, -0.25) is 24.2 Å². The Morgan fingerprint density at radius 2 is 1.70 bits per heavy atom. The maximum absolute atomic E-state index is 12.8. The van der Waals surface area contributed by atoms with Gasteiger partial charge in [-0.2, -0.15) is 0 Å². The monoisotopic (exact) mass is 465 g/mol. The standard InChI is InChI=1S/C25H27N3O4S/c1-32-16-15-26-11-13-27(14-12-26)23(29)21-9-7-19(8-10-21)17-22-24(30)28(25(31)33-22)18-20-5-3-2-4-6-20/h2-10,17H,11-16,18H2,1H3/b22-17-. The summed E-state index contributed by atoms with van der Waals surface area (Å²) >= 11 is 0.945. The van der Waals surface area contributed by atoms with Crippen LogP contribution in [0.4, 0.5) is 4.79 Å². The molecule has 7 nitrogen and oxygen atoms in total. The summed E-state index contributed by atoms with van der Waals surface area (Å²) in [5.41, 5.74) is 2.30. The summed E-state index contributed by atoms with van der Waals surface area (Å²) in [5.74, 6) is -0.281. The molecule has 0 unspecified atom stereocenters. The van der Waals surface area contributed by atoms with Crippen LogP contribution in [-0.4, -0.2) is 78.2 Å². The molecule has 0 aromatic heterocycles. The third-order valence-corrected chi connectivity index (χ3v) is 6.69. The fourth-order valence-corrected chi connectivity index (χ4v) is 4.69. The zero-order valence-electron chi connectivity index (χ0n) is 18.6. The fraction of sp³-hybridized carbons (Fsp3) is 0.320. The molecule has 2 saturated heterocycles. The van der Waals surface area contributed by atoms with Crippen LogP contribution < -0.4 is 0 Å². The molecule has 3 amide bonds. The van der Waals surface area contributed by atoms with E-state index in [2.05, 4.69) is 4.90 Å². The minimum Gasteiger partial charge on any atom is -0.383 e. The van der Waals surface area contributed by atoms with Gasteiger partial charge in [0.2, 0.25) is 0 Å². The Labute approximate surface area is 198 Å². The van der Waals surface area contributed by atoms with Crippen LogP contribution in [0.3, 0.4) is 0 Å². The number of hydrogen-bond acceptors (Lipinski definition) is 6. The van der Waals surface area contributed by atoms with Crippen LogP contribution in [0, 0.1) is 0 Å². The Bertz CT molecular complexity index is 1030. The maximum Gasteiger partial charge on any atom is 0.293 e. The highest BCUT2D eigenvalue weighted by atomic mass is 32.2. The molecule has 2 aliphatic rings. The van der Waals surface area contributed by atoms with Crippen molar-refractivity contribution in [2.45, 2.75) is 6.54 Å². The van der Waals surface area contributed by atoms with E-state index in [4.69, 9.17) is 4.74 Å². The molecule has 4 rings (SSSR count). The Morgan fingerprint density at radius 3 is 2.36 bits per heavy atom. The lowest BCUT2D eigenvalue weighted by atomic mass is 10.1. The quantitative estimate of drug-likeness (QED) is 0.585. The molecule has 0 saturated carbocycles. The molecule has 0 aliphatic carbocycles. The van der Waals surface area contributed by atoms with E-state index >= 15 is 0 Å². The van der Waals surface area contributed by atoms with E-state index in [-0.39, 0.29) is 23.6 Å². The SMILES string of the molecule is COCCN1CCN(C(=O)c2ccc(/C=C3\SC(=O)N(Cc4ccccc4)C3=O)cc2)CC1. The number of imide groups is 1. The zero-order chi connectivity index (χ0) is 23.2. The molecule has 2 aromatic rings. The van der Waals surface area contributed by atoms with E-state index in [0.717, 1.165) is 42.5 Å². The Morgan fingerprint density at radius 1 is 1.00 bits per heavy atom. The van der Waals surface area contributed by atoms with Gasteiger partial charge in [-0.05, 0) is 41.1 Å². The highest BCUT2D eigenvalue weighted by molar-refractivity contribution is 8.18. The van der Waals surface area contributed by atoms with Gasteiger partial charge in [0, 0.05) is 45.4 Å². The van der Waals surface area contributed by atoms with Gasteiger partial charge in [-0.25, -0.2) is 0 Å². The number of benzene rings is 2. The number of amides is 3. The van der Waals surface area contributed by atoms with Crippen molar-refractivity contribution in [3.8, 4) is 0 Å². The number of hydrogen-bond donors (Lipinski definition) is 0. The molecule has 2 aromatic carbocycles. The zero-order valence-corrected chi connectivity index (χ0v) is 19.4. The number of piperazine rings is 1. The lowest BCUT2D eigenvalue weighted by molar-refractivity contribution is -0.123. The highest BCUT2D eigenvalue weighted by Gasteiger charge is 2.35. The van der Waals surface area contributed by atoms with E-state index in [1.807, 2.05) is 47.4 Å². The first-order chi connectivity index (χ1) is 16.0. The maximum atomic E-state index is 12.8. The summed E-state index contributed by atoms with van der Waals surface area (Å²) in [4.78, 5) is 43.8. The van der Waals surface area contributed by atoms with Crippen molar-refractivity contribution in [2.24, 2.45) is 0 Å². The van der Waals surface area contributed by atoms with Crippen molar-refractivity contribution >= 4 is 34.9 Å². The van der Waals surface area contributed by atoms with Gasteiger partial charge in [0.05, 0.1) is 18.1 Å². The predicted octanol–water partition coefficient (Wildman–Crippen LogP) is 3.33. The van der Waals surface area contributed by atoms with E-state index in [1.54, 1.807) is 25.3 Å². The van der Waals surface area contributed by atoms with Crippen LogP contribution in [-0.2, 0) is 16.1 Å².